The second-order valence-electron chi connectivity index (χ2n) is 11.4. The second kappa shape index (κ2) is 20.5. The Bertz CT molecular complexity index is 1200. The van der Waals surface area contributed by atoms with Crippen LogP contribution in [0.5, 0.6) is 5.75 Å². The minimum Gasteiger partial charge on any atom is -0.549 e. The molecule has 1 saturated carbocycles. The van der Waals surface area contributed by atoms with E-state index < -0.39 is 41.9 Å². The largest absolute Gasteiger partial charge is 3.00 e. The van der Waals surface area contributed by atoms with E-state index >= 15 is 0 Å². The summed E-state index contributed by atoms with van der Waals surface area (Å²) in [5.41, 5.74) is -0.163. The summed E-state index contributed by atoms with van der Waals surface area (Å²) in [6.07, 6.45) is 3.16. The molecule has 1 aliphatic carbocycles. The van der Waals surface area contributed by atoms with Gasteiger partial charge in [0.2, 0.25) is 5.91 Å². The molecule has 1 heterocycles. The second-order valence-corrected chi connectivity index (χ2v) is 11.4. The fourth-order valence-corrected chi connectivity index (χ4v) is 5.63. The van der Waals surface area contributed by atoms with Crippen LogP contribution in [0.1, 0.15) is 25.7 Å². The number of hydrogen-bond donors (Lipinski definition) is 1. The van der Waals surface area contributed by atoms with Gasteiger partial charge in [0.05, 0.1) is 30.0 Å². The van der Waals surface area contributed by atoms with Crippen LogP contribution in [-0.2, 0) is 24.0 Å². The molecule has 1 N–H and O–H groups in total. The minimum atomic E-state index is -1.31. The van der Waals surface area contributed by atoms with E-state index in [1.165, 1.54) is 29.2 Å². The summed E-state index contributed by atoms with van der Waals surface area (Å²) in [6, 6.07) is 4.81. The number of carboxylic acid groups (broad SMARTS) is 3. The monoisotopic (exact) mass is 806 g/mol. The molecular weight excluding hydrogens is 766 g/mol. The number of ether oxygens (including phenoxy) is 1. The molecule has 0 bridgehead atoms. The molecule has 17 nitrogen and oxygen atoms in total. The summed E-state index contributed by atoms with van der Waals surface area (Å²) in [4.78, 5) is 79.3. The third-order valence-electron chi connectivity index (χ3n) is 8.02. The van der Waals surface area contributed by atoms with Crippen molar-refractivity contribution in [1.82, 2.24) is 24.5 Å². The van der Waals surface area contributed by atoms with Gasteiger partial charge in [0.15, 0.2) is 0 Å². The third-order valence-corrected chi connectivity index (χ3v) is 8.02. The molecule has 2 fully saturated rings. The van der Waals surface area contributed by atoms with E-state index in [1.807, 2.05) is 0 Å². The zero-order valence-electron chi connectivity index (χ0n) is 26.0. The number of nitro groups is 1. The number of esters is 1. The molecule has 18 heteroatoms. The first-order chi connectivity index (χ1) is 21.9. The smallest absolute Gasteiger partial charge is 0.549 e. The number of hydrogen-bond acceptors (Lipinski definition) is 14. The SMILES string of the molecule is O=C([O-])CN1CCN(CC(=O)[O-])CCN(CC(=O)N(CC(=O)Oc2ccc([N+](=O)[O-])cc2)C2CCCC2)CCN(CC(=O)O)CC1.[Gd+3]. The minimum absolute atomic E-state index is 0. The molecule has 3 rings (SSSR count). The number of rotatable bonds is 13. The molecule has 0 spiro atoms. The Balaban J connectivity index is 0.00000768. The Morgan fingerprint density at radius 1 is 0.766 bits per heavy atom. The Kier molecular flexibility index (Phi) is 17.6. The van der Waals surface area contributed by atoms with E-state index in [0.717, 1.165) is 12.8 Å². The van der Waals surface area contributed by atoms with Gasteiger partial charge in [0.1, 0.15) is 12.3 Å². The first-order valence-electron chi connectivity index (χ1n) is 15.1. The van der Waals surface area contributed by atoms with Crippen molar-refractivity contribution in [1.29, 1.82) is 0 Å². The molecule has 1 aliphatic heterocycles. The standard InChI is InChI=1S/C29H42N6O11.Gd/c36-25(34(22-3-1-2-4-22)21-29(43)46-24-7-5-23(6-8-24)35(44)45)17-30-9-11-31(18-26(37)38)13-15-33(20-28(41)42)16-14-32(12-10-30)19-27(39)40;/h5-8,22H,1-4,9-21H2,(H,37,38)(H,39,40)(H,41,42);/q;+3/p-2. The molecule has 1 aromatic carbocycles. The number of carbonyl (C=O) groups excluding carboxylic acids is 4. The number of amides is 1. The number of nitrogens with zero attached hydrogens (tertiary/aromatic N) is 6. The van der Waals surface area contributed by atoms with Crippen molar-refractivity contribution in [3.63, 3.8) is 0 Å². The van der Waals surface area contributed by atoms with Gasteiger partial charge in [-0.3, -0.25) is 39.3 Å². The molecular formula is C29H40GdN6O11+. The van der Waals surface area contributed by atoms with Crippen molar-refractivity contribution in [3.8, 4) is 5.75 Å². The molecule has 1 amide bonds. The zero-order chi connectivity index (χ0) is 33.6. The summed E-state index contributed by atoms with van der Waals surface area (Å²) in [5.74, 6) is -4.65. The number of carboxylic acids is 3. The van der Waals surface area contributed by atoms with E-state index in [2.05, 4.69) is 0 Å². The van der Waals surface area contributed by atoms with Gasteiger partial charge >= 0.3 is 51.9 Å². The average molecular weight is 806 g/mol. The quantitative estimate of drug-likeness (QED) is 0.0914. The van der Waals surface area contributed by atoms with E-state index in [9.17, 15) is 49.4 Å². The maximum absolute atomic E-state index is 13.8. The molecule has 47 heavy (non-hydrogen) atoms. The van der Waals surface area contributed by atoms with Crippen LogP contribution in [0.15, 0.2) is 24.3 Å². The third kappa shape index (κ3) is 14.8. The van der Waals surface area contributed by atoms with Crippen LogP contribution in [0.4, 0.5) is 5.69 Å². The average Bonchev–Trinajstić information content (AvgIpc) is 3.51. The van der Waals surface area contributed by atoms with Crippen molar-refractivity contribution < 1.29 is 88.9 Å². The van der Waals surface area contributed by atoms with Crippen LogP contribution < -0.4 is 14.9 Å². The van der Waals surface area contributed by atoms with Crippen LogP contribution in [0, 0.1) is 50.1 Å². The van der Waals surface area contributed by atoms with Crippen molar-refractivity contribution >= 4 is 35.5 Å². The van der Waals surface area contributed by atoms with Crippen LogP contribution in [-0.4, -0.2) is 155 Å². The van der Waals surface area contributed by atoms with Gasteiger partial charge in [-0.15, -0.1) is 0 Å². The van der Waals surface area contributed by atoms with Gasteiger partial charge < -0.3 is 34.5 Å². The Hall–Kier alpha value is -2.87. The number of benzene rings is 1. The van der Waals surface area contributed by atoms with E-state index in [-0.39, 0.29) is 135 Å². The number of aliphatic carboxylic acids is 3. The van der Waals surface area contributed by atoms with Crippen LogP contribution in [0.2, 0.25) is 0 Å². The first-order valence-corrected chi connectivity index (χ1v) is 15.1. The van der Waals surface area contributed by atoms with Gasteiger partial charge in [-0.05, 0) is 25.0 Å². The van der Waals surface area contributed by atoms with Gasteiger partial charge in [-0.2, -0.15) is 0 Å². The number of non-ortho nitro benzene ring substituents is 1. The van der Waals surface area contributed by atoms with Crippen molar-refractivity contribution in [2.24, 2.45) is 0 Å². The van der Waals surface area contributed by atoms with Crippen LogP contribution in [0.25, 0.3) is 0 Å². The van der Waals surface area contributed by atoms with Gasteiger partial charge in [-0.1, -0.05) is 12.8 Å². The molecule has 0 atom stereocenters. The van der Waals surface area contributed by atoms with Gasteiger partial charge in [0.25, 0.3) is 5.69 Å². The van der Waals surface area contributed by atoms with E-state index in [0.29, 0.717) is 12.8 Å². The molecule has 0 aromatic heterocycles. The van der Waals surface area contributed by atoms with Gasteiger partial charge in [-0.25, -0.2) is 4.79 Å². The number of nitro benzene ring substituents is 1. The summed E-state index contributed by atoms with van der Waals surface area (Å²) < 4.78 is 5.36. The summed E-state index contributed by atoms with van der Waals surface area (Å²) in [7, 11) is 0. The molecule has 259 valence electrons. The van der Waals surface area contributed by atoms with E-state index in [4.69, 9.17) is 4.74 Å². The van der Waals surface area contributed by atoms with E-state index in [1.54, 1.807) is 19.6 Å². The fourth-order valence-electron chi connectivity index (χ4n) is 5.63. The number of carbonyl (C=O) groups is 5. The zero-order valence-corrected chi connectivity index (χ0v) is 28.2. The first kappa shape index (κ1) is 40.3. The van der Waals surface area contributed by atoms with Crippen LogP contribution in [0.3, 0.4) is 0 Å². The molecule has 0 unspecified atom stereocenters. The molecule has 1 saturated heterocycles. The maximum Gasteiger partial charge on any atom is 3.00 e. The molecule has 2 aliphatic rings. The van der Waals surface area contributed by atoms with Gasteiger partial charge in [0, 0.05) is 83.6 Å². The predicted octanol–water partition coefficient (Wildman–Crippen LogP) is -2.92. The Morgan fingerprint density at radius 2 is 1.19 bits per heavy atom. The van der Waals surface area contributed by atoms with Crippen molar-refractivity contribution in [3.05, 3.63) is 34.4 Å². The Labute approximate surface area is 304 Å². The Morgan fingerprint density at radius 3 is 1.60 bits per heavy atom. The molecule has 1 radical (unpaired) electrons. The summed E-state index contributed by atoms with van der Waals surface area (Å²) >= 11 is 0. The molecule has 1 aromatic rings. The van der Waals surface area contributed by atoms with Crippen molar-refractivity contribution in [2.45, 2.75) is 31.7 Å². The van der Waals surface area contributed by atoms with Crippen LogP contribution >= 0.6 is 0 Å². The normalized spacial score (nSPS) is 17.9. The summed E-state index contributed by atoms with van der Waals surface area (Å²) in [6.45, 7) is 0.100. The fraction of sp³-hybridized carbons (Fsp3) is 0.621. The maximum atomic E-state index is 13.8. The summed E-state index contributed by atoms with van der Waals surface area (Å²) in [5, 5.41) is 43.1. The topological polar surface area (TPSA) is 220 Å². The predicted molar refractivity (Wildman–Crippen MR) is 156 cm³/mol. The van der Waals surface area contributed by atoms with Crippen molar-refractivity contribution in [2.75, 3.05) is 85.1 Å².